The van der Waals surface area contributed by atoms with E-state index in [1.165, 1.54) is 12.4 Å². The zero-order chi connectivity index (χ0) is 17.4. The molecule has 0 amide bonds. The number of nitrogens with one attached hydrogen (secondary N) is 1. The van der Waals surface area contributed by atoms with Crippen LogP contribution < -0.4 is 5.32 Å². The molecule has 0 fully saturated rings. The van der Waals surface area contributed by atoms with Crippen LogP contribution in [0.2, 0.25) is 5.02 Å². The number of aromatic nitrogens is 2. The van der Waals surface area contributed by atoms with E-state index < -0.39 is 11.8 Å². The van der Waals surface area contributed by atoms with Crippen LogP contribution in [0.1, 0.15) is 16.1 Å². The first kappa shape index (κ1) is 16.6. The number of hydrogen-bond donors (Lipinski definition) is 2. The van der Waals surface area contributed by atoms with Gasteiger partial charge < -0.3 is 10.4 Å². The van der Waals surface area contributed by atoms with Crippen LogP contribution in [0.5, 0.6) is 0 Å². The number of carbonyl (C=O) groups is 1. The van der Waals surface area contributed by atoms with Crippen molar-refractivity contribution in [3.8, 4) is 0 Å². The number of halogens is 3. The van der Waals surface area contributed by atoms with Gasteiger partial charge in [0.15, 0.2) is 5.82 Å². The highest BCUT2D eigenvalue weighted by atomic mass is 79.9. The Kier molecular flexibility index (Phi) is 4.38. The third kappa shape index (κ3) is 2.92. The van der Waals surface area contributed by atoms with Gasteiger partial charge in [0.05, 0.1) is 22.0 Å². The normalized spacial score (nSPS) is 10.8. The van der Waals surface area contributed by atoms with Gasteiger partial charge in [-0.3, -0.25) is 0 Å². The summed E-state index contributed by atoms with van der Waals surface area (Å²) in [7, 11) is 0. The Morgan fingerprint density at radius 2 is 2.08 bits per heavy atom. The molecule has 3 aromatic rings. The van der Waals surface area contributed by atoms with Crippen molar-refractivity contribution in [3.05, 3.63) is 57.2 Å². The van der Waals surface area contributed by atoms with E-state index in [9.17, 15) is 14.3 Å². The highest BCUT2D eigenvalue weighted by molar-refractivity contribution is 9.10. The van der Waals surface area contributed by atoms with Crippen LogP contribution in [-0.2, 0) is 0 Å². The molecule has 0 unspecified atom stereocenters. The molecule has 0 aliphatic heterocycles. The van der Waals surface area contributed by atoms with Gasteiger partial charge in [-0.1, -0.05) is 27.5 Å². The van der Waals surface area contributed by atoms with Crippen molar-refractivity contribution in [2.24, 2.45) is 0 Å². The number of fused-ring (bicyclic) bond motifs is 1. The second kappa shape index (κ2) is 6.33. The van der Waals surface area contributed by atoms with Crippen molar-refractivity contribution in [1.29, 1.82) is 0 Å². The van der Waals surface area contributed by atoms with Crippen LogP contribution >= 0.6 is 27.5 Å². The summed E-state index contributed by atoms with van der Waals surface area (Å²) in [6.07, 6.45) is 1.23. The molecule has 0 aliphatic rings. The number of hydrogen-bond acceptors (Lipinski definition) is 4. The molecular weight excluding hydrogens is 401 g/mol. The highest BCUT2D eigenvalue weighted by Gasteiger charge is 2.21. The van der Waals surface area contributed by atoms with Crippen LogP contribution in [0.25, 0.3) is 10.9 Å². The Bertz CT molecular complexity index is 981. The molecule has 2 aromatic carbocycles. The molecule has 0 saturated carbocycles. The Morgan fingerprint density at radius 3 is 2.75 bits per heavy atom. The Morgan fingerprint density at radius 1 is 1.33 bits per heavy atom. The van der Waals surface area contributed by atoms with Gasteiger partial charge in [-0.2, -0.15) is 0 Å². The largest absolute Gasteiger partial charge is 0.478 e. The molecule has 1 aromatic heterocycles. The van der Waals surface area contributed by atoms with Gasteiger partial charge in [-0.05, 0) is 31.2 Å². The second-order valence-corrected chi connectivity index (χ2v) is 6.35. The molecule has 122 valence electrons. The predicted octanol–water partition coefficient (Wildman–Crippen LogP) is 4.94. The topological polar surface area (TPSA) is 75.1 Å². The molecule has 5 nitrogen and oxygen atoms in total. The molecule has 0 atom stereocenters. The first-order valence-corrected chi connectivity index (χ1v) is 7.94. The van der Waals surface area contributed by atoms with E-state index in [-0.39, 0.29) is 16.8 Å². The fourth-order valence-corrected chi connectivity index (χ4v) is 3.02. The number of carboxylic acid groups (broad SMARTS) is 1. The first-order valence-electron chi connectivity index (χ1n) is 6.77. The average molecular weight is 411 g/mol. The van der Waals surface area contributed by atoms with Gasteiger partial charge in [0, 0.05) is 15.6 Å². The quantitative estimate of drug-likeness (QED) is 0.640. The van der Waals surface area contributed by atoms with Crippen LogP contribution in [0, 0.1) is 12.7 Å². The van der Waals surface area contributed by atoms with Crippen molar-refractivity contribution >= 4 is 55.8 Å². The summed E-state index contributed by atoms with van der Waals surface area (Å²) in [5.41, 5.74) is 0.499. The van der Waals surface area contributed by atoms with Gasteiger partial charge in [-0.25, -0.2) is 19.2 Å². The van der Waals surface area contributed by atoms with Gasteiger partial charge >= 0.3 is 5.97 Å². The summed E-state index contributed by atoms with van der Waals surface area (Å²) >= 11 is 9.40. The number of anilines is 2. The SMILES string of the molecule is Cc1ncnc2c(F)c(Nc3ccc(Br)cc3Cl)c(C(=O)O)cc12. The highest BCUT2D eigenvalue weighted by Crippen LogP contribution is 2.34. The van der Waals surface area contributed by atoms with E-state index in [4.69, 9.17) is 11.6 Å². The minimum atomic E-state index is -1.27. The fourth-order valence-electron chi connectivity index (χ4n) is 2.30. The summed E-state index contributed by atoms with van der Waals surface area (Å²) in [5.74, 6) is -2.04. The van der Waals surface area contributed by atoms with Gasteiger partial charge in [0.2, 0.25) is 0 Å². The Hall–Kier alpha value is -2.25. The molecule has 24 heavy (non-hydrogen) atoms. The average Bonchev–Trinajstić information content (AvgIpc) is 2.52. The molecule has 3 rings (SSSR count). The van der Waals surface area contributed by atoms with Crippen molar-refractivity contribution in [1.82, 2.24) is 9.97 Å². The maximum absolute atomic E-state index is 14.9. The third-order valence-electron chi connectivity index (χ3n) is 3.49. The Labute approximate surface area is 149 Å². The monoisotopic (exact) mass is 409 g/mol. The fraction of sp³-hybridized carbons (Fsp3) is 0.0625. The minimum Gasteiger partial charge on any atom is -0.478 e. The molecule has 0 radical (unpaired) electrons. The van der Waals surface area contributed by atoms with Gasteiger partial charge in [-0.15, -0.1) is 0 Å². The third-order valence-corrected chi connectivity index (χ3v) is 4.30. The minimum absolute atomic E-state index is 0.0447. The Balaban J connectivity index is 2.24. The van der Waals surface area contributed by atoms with Crippen molar-refractivity contribution in [2.75, 3.05) is 5.32 Å². The lowest BCUT2D eigenvalue weighted by molar-refractivity contribution is 0.0697. The van der Waals surface area contributed by atoms with Crippen LogP contribution in [0.15, 0.2) is 35.1 Å². The summed E-state index contributed by atoms with van der Waals surface area (Å²) in [5, 5.41) is 12.9. The molecule has 0 aliphatic carbocycles. The second-order valence-electron chi connectivity index (χ2n) is 5.02. The number of aromatic carboxylic acids is 1. The lowest BCUT2D eigenvalue weighted by Gasteiger charge is -2.14. The molecule has 1 heterocycles. The number of benzene rings is 2. The molecular formula is C16H10BrClFN3O2. The van der Waals surface area contributed by atoms with E-state index in [1.807, 2.05) is 0 Å². The lowest BCUT2D eigenvalue weighted by Crippen LogP contribution is -2.07. The zero-order valence-corrected chi connectivity index (χ0v) is 14.6. The van der Waals surface area contributed by atoms with Crippen molar-refractivity contribution < 1.29 is 14.3 Å². The van der Waals surface area contributed by atoms with E-state index in [1.54, 1.807) is 25.1 Å². The summed E-state index contributed by atoms with van der Waals surface area (Å²) in [4.78, 5) is 19.5. The van der Waals surface area contributed by atoms with E-state index in [0.29, 0.717) is 21.8 Å². The maximum atomic E-state index is 14.9. The maximum Gasteiger partial charge on any atom is 0.337 e. The van der Waals surface area contributed by atoms with E-state index >= 15 is 0 Å². The number of nitrogens with zero attached hydrogens (tertiary/aromatic N) is 2. The standard InChI is InChI=1S/C16H10BrClFN3O2/c1-7-9-5-10(16(23)24)15(13(19)14(9)21-6-20-7)22-12-3-2-8(17)4-11(12)18/h2-6,22H,1H3,(H,23,24). The summed E-state index contributed by atoms with van der Waals surface area (Å²) in [6.45, 7) is 1.66. The van der Waals surface area contributed by atoms with Crippen LogP contribution in [0.3, 0.4) is 0 Å². The molecule has 0 spiro atoms. The predicted molar refractivity (Wildman–Crippen MR) is 93.6 cm³/mol. The number of rotatable bonds is 3. The van der Waals surface area contributed by atoms with Crippen molar-refractivity contribution in [3.63, 3.8) is 0 Å². The number of aryl methyl sites for hydroxylation is 1. The molecule has 0 saturated heterocycles. The number of carboxylic acids is 1. The molecule has 2 N–H and O–H groups in total. The van der Waals surface area contributed by atoms with Gasteiger partial charge in [0.25, 0.3) is 0 Å². The molecule has 8 heteroatoms. The van der Waals surface area contributed by atoms with Crippen LogP contribution in [0.4, 0.5) is 15.8 Å². The van der Waals surface area contributed by atoms with E-state index in [0.717, 1.165) is 4.47 Å². The first-order chi connectivity index (χ1) is 11.4. The van der Waals surface area contributed by atoms with Gasteiger partial charge in [0.1, 0.15) is 11.8 Å². The smallest absolute Gasteiger partial charge is 0.337 e. The summed E-state index contributed by atoms with van der Waals surface area (Å²) in [6, 6.07) is 6.30. The van der Waals surface area contributed by atoms with Crippen molar-refractivity contribution in [2.45, 2.75) is 6.92 Å². The van der Waals surface area contributed by atoms with E-state index in [2.05, 4.69) is 31.2 Å². The zero-order valence-electron chi connectivity index (χ0n) is 12.3. The lowest BCUT2D eigenvalue weighted by atomic mass is 10.1. The summed E-state index contributed by atoms with van der Waals surface area (Å²) < 4.78 is 15.6. The molecule has 0 bridgehead atoms. The van der Waals surface area contributed by atoms with Crippen LogP contribution in [-0.4, -0.2) is 21.0 Å².